The third-order valence-corrected chi connectivity index (χ3v) is 5.45. The molecular formula is C27H20N6O. The highest BCUT2D eigenvalue weighted by atomic mass is 16.1. The van der Waals surface area contributed by atoms with Crippen LogP contribution in [0.2, 0.25) is 0 Å². The number of anilines is 1. The number of hydrogen-bond donors (Lipinski definition) is 2. The summed E-state index contributed by atoms with van der Waals surface area (Å²) in [6, 6.07) is 29.6. The van der Waals surface area contributed by atoms with Gasteiger partial charge in [0.05, 0.1) is 11.9 Å². The van der Waals surface area contributed by atoms with Crippen LogP contribution in [0.15, 0.2) is 101 Å². The number of H-pyrrole nitrogens is 1. The molecule has 34 heavy (non-hydrogen) atoms. The molecule has 0 bridgehead atoms. The number of benzene rings is 3. The minimum Gasteiger partial charge on any atom is -0.343 e. The lowest BCUT2D eigenvalue weighted by Crippen LogP contribution is -2.16. The van der Waals surface area contributed by atoms with Crippen molar-refractivity contribution in [2.24, 2.45) is 5.10 Å². The molecule has 0 aliphatic rings. The summed E-state index contributed by atoms with van der Waals surface area (Å²) >= 11 is 0. The maximum absolute atomic E-state index is 12.4. The molecule has 2 N–H and O–H groups in total. The Labute approximate surface area is 195 Å². The standard InChI is InChI=1S/C27H20N6O/c28-16-23-25(21-9-5-2-6-10-21)30-27(31-26(23)34)32-29-17-20-11-12-24-22(15-20)13-14-33(24)18-19-7-3-1-4-8-19/h1-15,17H,18H2,(H2,30,31,32,34). The van der Waals surface area contributed by atoms with E-state index in [1.165, 1.54) is 5.56 Å². The minimum atomic E-state index is -0.518. The van der Waals surface area contributed by atoms with Crippen molar-refractivity contribution in [2.75, 3.05) is 5.43 Å². The number of nitriles is 1. The van der Waals surface area contributed by atoms with E-state index in [2.05, 4.69) is 55.5 Å². The Kier molecular flexibility index (Phi) is 5.70. The van der Waals surface area contributed by atoms with Crippen LogP contribution in [0.4, 0.5) is 5.95 Å². The molecule has 5 aromatic rings. The molecule has 2 aromatic heterocycles. The summed E-state index contributed by atoms with van der Waals surface area (Å²) in [6.45, 7) is 0.806. The molecule has 3 aromatic carbocycles. The summed E-state index contributed by atoms with van der Waals surface area (Å²) in [5.74, 6) is 0.161. The Balaban J connectivity index is 1.36. The normalized spacial score (nSPS) is 11.0. The summed E-state index contributed by atoms with van der Waals surface area (Å²) < 4.78 is 2.21. The first-order valence-corrected chi connectivity index (χ1v) is 10.7. The summed E-state index contributed by atoms with van der Waals surface area (Å²) in [5, 5.41) is 14.7. The summed E-state index contributed by atoms with van der Waals surface area (Å²) in [4.78, 5) is 19.3. The fourth-order valence-corrected chi connectivity index (χ4v) is 3.82. The fraction of sp³-hybridized carbons (Fsp3) is 0.0370. The lowest BCUT2D eigenvalue weighted by atomic mass is 10.1. The van der Waals surface area contributed by atoms with Gasteiger partial charge in [0, 0.05) is 29.2 Å². The molecule has 2 heterocycles. The van der Waals surface area contributed by atoms with E-state index in [9.17, 15) is 10.1 Å². The highest BCUT2D eigenvalue weighted by molar-refractivity contribution is 5.89. The zero-order valence-corrected chi connectivity index (χ0v) is 18.1. The maximum Gasteiger partial charge on any atom is 0.270 e. The van der Waals surface area contributed by atoms with E-state index in [1.54, 1.807) is 18.3 Å². The lowest BCUT2D eigenvalue weighted by molar-refractivity contribution is 0.837. The van der Waals surface area contributed by atoms with Gasteiger partial charge in [0.1, 0.15) is 11.6 Å². The third kappa shape index (κ3) is 4.33. The highest BCUT2D eigenvalue weighted by Gasteiger charge is 2.12. The number of nitrogens with zero attached hydrogens (tertiary/aromatic N) is 4. The quantitative estimate of drug-likeness (QED) is 0.291. The number of nitrogens with one attached hydrogen (secondary N) is 2. The number of fused-ring (bicyclic) bond motifs is 1. The second-order valence-corrected chi connectivity index (χ2v) is 7.73. The van der Waals surface area contributed by atoms with Crippen molar-refractivity contribution in [2.45, 2.75) is 6.54 Å². The van der Waals surface area contributed by atoms with E-state index in [0.717, 1.165) is 23.0 Å². The monoisotopic (exact) mass is 444 g/mol. The summed E-state index contributed by atoms with van der Waals surface area (Å²) in [5.41, 5.74) is 6.49. The Bertz CT molecular complexity index is 1580. The molecule has 164 valence electrons. The molecule has 0 spiro atoms. The number of aromatic amines is 1. The second kappa shape index (κ2) is 9.27. The first-order chi connectivity index (χ1) is 16.7. The zero-order chi connectivity index (χ0) is 23.3. The zero-order valence-electron chi connectivity index (χ0n) is 18.1. The van der Waals surface area contributed by atoms with Crippen LogP contribution in [-0.2, 0) is 6.54 Å². The molecule has 7 nitrogen and oxygen atoms in total. The third-order valence-electron chi connectivity index (χ3n) is 5.45. The lowest BCUT2D eigenvalue weighted by Gasteiger charge is -2.06. The molecule has 0 fully saturated rings. The average molecular weight is 444 g/mol. The molecule has 0 aliphatic heterocycles. The first-order valence-electron chi connectivity index (χ1n) is 10.7. The summed E-state index contributed by atoms with van der Waals surface area (Å²) in [7, 11) is 0. The fourth-order valence-electron chi connectivity index (χ4n) is 3.82. The largest absolute Gasteiger partial charge is 0.343 e. The molecule has 0 saturated carbocycles. The second-order valence-electron chi connectivity index (χ2n) is 7.73. The van der Waals surface area contributed by atoms with Crippen LogP contribution >= 0.6 is 0 Å². The number of hydrogen-bond acceptors (Lipinski definition) is 5. The van der Waals surface area contributed by atoms with Gasteiger partial charge in [0.25, 0.3) is 5.56 Å². The molecular weight excluding hydrogens is 424 g/mol. The molecule has 5 rings (SSSR count). The Morgan fingerprint density at radius 1 is 1.03 bits per heavy atom. The van der Waals surface area contributed by atoms with Crippen LogP contribution in [0.3, 0.4) is 0 Å². The molecule has 7 heteroatoms. The van der Waals surface area contributed by atoms with E-state index in [1.807, 2.05) is 54.6 Å². The predicted molar refractivity (Wildman–Crippen MR) is 134 cm³/mol. The Morgan fingerprint density at radius 2 is 1.79 bits per heavy atom. The smallest absolute Gasteiger partial charge is 0.270 e. The van der Waals surface area contributed by atoms with E-state index < -0.39 is 5.56 Å². The van der Waals surface area contributed by atoms with Crippen molar-refractivity contribution in [3.8, 4) is 17.3 Å². The Hall–Kier alpha value is -4.96. The number of rotatable bonds is 6. The van der Waals surface area contributed by atoms with Crippen molar-refractivity contribution in [1.82, 2.24) is 14.5 Å². The van der Waals surface area contributed by atoms with E-state index in [0.29, 0.717) is 11.3 Å². The van der Waals surface area contributed by atoms with Gasteiger partial charge in [-0.15, -0.1) is 0 Å². The van der Waals surface area contributed by atoms with Crippen LogP contribution in [0.25, 0.3) is 22.2 Å². The molecule has 0 amide bonds. The van der Waals surface area contributed by atoms with Crippen molar-refractivity contribution in [1.29, 1.82) is 5.26 Å². The van der Waals surface area contributed by atoms with Crippen LogP contribution in [0.5, 0.6) is 0 Å². The van der Waals surface area contributed by atoms with Crippen molar-refractivity contribution in [3.05, 3.63) is 118 Å². The molecule has 0 radical (unpaired) electrons. The highest BCUT2D eigenvalue weighted by Crippen LogP contribution is 2.20. The van der Waals surface area contributed by atoms with Crippen LogP contribution in [0, 0.1) is 11.3 Å². The number of hydrazone groups is 1. The summed E-state index contributed by atoms with van der Waals surface area (Å²) in [6.07, 6.45) is 3.74. The maximum atomic E-state index is 12.4. The van der Waals surface area contributed by atoms with Gasteiger partial charge in [-0.3, -0.25) is 9.78 Å². The van der Waals surface area contributed by atoms with Gasteiger partial charge in [-0.1, -0.05) is 66.7 Å². The van der Waals surface area contributed by atoms with Gasteiger partial charge in [0.2, 0.25) is 5.95 Å². The predicted octanol–water partition coefficient (Wildman–Crippen LogP) is 4.76. The van der Waals surface area contributed by atoms with Gasteiger partial charge in [0.15, 0.2) is 0 Å². The SMILES string of the molecule is N#Cc1c(-c2ccccc2)nc(NN=Cc2ccc3c(ccn3Cc3ccccc3)c2)[nH]c1=O. The molecule has 0 unspecified atom stereocenters. The van der Waals surface area contributed by atoms with Crippen molar-refractivity contribution >= 4 is 23.1 Å². The Morgan fingerprint density at radius 3 is 2.56 bits per heavy atom. The van der Waals surface area contributed by atoms with Crippen LogP contribution < -0.4 is 11.0 Å². The van der Waals surface area contributed by atoms with Gasteiger partial charge in [-0.05, 0) is 29.3 Å². The average Bonchev–Trinajstić information content (AvgIpc) is 3.26. The number of aromatic nitrogens is 3. The van der Waals surface area contributed by atoms with Gasteiger partial charge < -0.3 is 4.57 Å². The molecule has 0 atom stereocenters. The van der Waals surface area contributed by atoms with Crippen LogP contribution in [-0.4, -0.2) is 20.7 Å². The van der Waals surface area contributed by atoms with E-state index >= 15 is 0 Å². The van der Waals surface area contributed by atoms with Crippen molar-refractivity contribution < 1.29 is 0 Å². The van der Waals surface area contributed by atoms with Gasteiger partial charge >= 0.3 is 0 Å². The molecule has 0 saturated heterocycles. The van der Waals surface area contributed by atoms with Gasteiger partial charge in [-0.2, -0.15) is 10.4 Å². The molecule has 0 aliphatic carbocycles. The topological polar surface area (TPSA) is 98.9 Å². The van der Waals surface area contributed by atoms with E-state index in [-0.39, 0.29) is 11.5 Å². The van der Waals surface area contributed by atoms with E-state index in [4.69, 9.17) is 0 Å². The first kappa shape index (κ1) is 20.9. The minimum absolute atomic E-state index is 0.0359. The van der Waals surface area contributed by atoms with Crippen LogP contribution in [0.1, 0.15) is 16.7 Å². The van der Waals surface area contributed by atoms with Crippen molar-refractivity contribution in [3.63, 3.8) is 0 Å². The van der Waals surface area contributed by atoms with Gasteiger partial charge in [-0.25, -0.2) is 10.4 Å².